The van der Waals surface area contributed by atoms with E-state index in [0.717, 1.165) is 11.8 Å². The summed E-state index contributed by atoms with van der Waals surface area (Å²) < 4.78 is 20.9. The van der Waals surface area contributed by atoms with E-state index in [4.69, 9.17) is 4.74 Å². The number of esters is 1. The first-order valence-corrected chi connectivity index (χ1v) is 9.36. The number of aromatic nitrogens is 2. The Labute approximate surface area is 160 Å². The molecule has 1 heterocycles. The van der Waals surface area contributed by atoms with Gasteiger partial charge in [0.1, 0.15) is 11.4 Å². The van der Waals surface area contributed by atoms with Crippen molar-refractivity contribution in [2.45, 2.75) is 31.5 Å². The second-order valence-corrected chi connectivity index (χ2v) is 7.82. The molecule has 0 saturated carbocycles. The quantitative estimate of drug-likeness (QED) is 0.386. The molecule has 0 unspecified atom stereocenters. The van der Waals surface area contributed by atoms with Crippen LogP contribution >= 0.6 is 11.8 Å². The molecule has 1 aromatic heterocycles. The smallest absolute Gasteiger partial charge is 0.316 e. The van der Waals surface area contributed by atoms with Gasteiger partial charge in [-0.25, -0.2) is 9.37 Å². The Kier molecular flexibility index (Phi) is 5.32. The van der Waals surface area contributed by atoms with Crippen LogP contribution in [0.3, 0.4) is 0 Å². The number of halogens is 1. The third-order valence-electron chi connectivity index (χ3n) is 3.58. The van der Waals surface area contributed by atoms with E-state index in [1.54, 1.807) is 57.2 Å². The Morgan fingerprint density at radius 3 is 2.52 bits per heavy atom. The SMILES string of the molecule is CC(C)(C)OC(=O)CSc1nc2ccccc2c(=O)n1-c1ccccc1F. The van der Waals surface area contributed by atoms with Crippen molar-refractivity contribution in [3.63, 3.8) is 0 Å². The predicted octanol–water partition coefficient (Wildman–Crippen LogP) is 3.96. The average molecular weight is 386 g/mol. The topological polar surface area (TPSA) is 61.2 Å². The molecule has 0 aliphatic rings. The second-order valence-electron chi connectivity index (χ2n) is 6.88. The molecule has 0 radical (unpaired) electrons. The maximum absolute atomic E-state index is 14.4. The summed E-state index contributed by atoms with van der Waals surface area (Å²) in [5.74, 6) is -1.03. The van der Waals surface area contributed by atoms with E-state index in [1.807, 2.05) is 0 Å². The molecule has 0 atom stereocenters. The summed E-state index contributed by atoms with van der Waals surface area (Å²) in [7, 11) is 0. The lowest BCUT2D eigenvalue weighted by Gasteiger charge is -2.19. The molecule has 0 amide bonds. The summed E-state index contributed by atoms with van der Waals surface area (Å²) in [6.07, 6.45) is 0. The van der Waals surface area contributed by atoms with Crippen molar-refractivity contribution in [2.24, 2.45) is 0 Å². The molecule has 3 rings (SSSR count). The number of carbonyl (C=O) groups is 1. The van der Waals surface area contributed by atoms with Crippen molar-refractivity contribution in [3.05, 3.63) is 64.7 Å². The lowest BCUT2D eigenvalue weighted by Crippen LogP contribution is -2.26. The van der Waals surface area contributed by atoms with E-state index < -0.39 is 22.9 Å². The minimum atomic E-state index is -0.611. The van der Waals surface area contributed by atoms with Crippen LogP contribution in [0.25, 0.3) is 16.6 Å². The fourth-order valence-corrected chi connectivity index (χ4v) is 3.33. The third kappa shape index (κ3) is 4.36. The van der Waals surface area contributed by atoms with Crippen molar-refractivity contribution < 1.29 is 13.9 Å². The molecule has 3 aromatic rings. The number of carbonyl (C=O) groups excluding carboxylic acids is 1. The zero-order chi connectivity index (χ0) is 19.6. The van der Waals surface area contributed by atoms with Crippen LogP contribution in [0.5, 0.6) is 0 Å². The van der Waals surface area contributed by atoms with Gasteiger partial charge in [0.2, 0.25) is 0 Å². The number of nitrogens with zero attached hydrogens (tertiary/aromatic N) is 2. The highest BCUT2D eigenvalue weighted by Gasteiger charge is 2.20. The van der Waals surface area contributed by atoms with Crippen LogP contribution in [0.4, 0.5) is 4.39 Å². The highest BCUT2D eigenvalue weighted by molar-refractivity contribution is 7.99. The molecule has 0 aliphatic heterocycles. The van der Waals surface area contributed by atoms with E-state index in [-0.39, 0.29) is 16.6 Å². The van der Waals surface area contributed by atoms with Crippen molar-refractivity contribution in [3.8, 4) is 5.69 Å². The van der Waals surface area contributed by atoms with Gasteiger partial charge in [-0.05, 0) is 45.0 Å². The van der Waals surface area contributed by atoms with E-state index in [9.17, 15) is 14.0 Å². The number of benzene rings is 2. The van der Waals surface area contributed by atoms with E-state index in [1.165, 1.54) is 16.7 Å². The summed E-state index contributed by atoms with van der Waals surface area (Å²) in [5, 5.41) is 0.608. The molecule has 140 valence electrons. The lowest BCUT2D eigenvalue weighted by atomic mass is 10.2. The Hall–Kier alpha value is -2.67. The van der Waals surface area contributed by atoms with Gasteiger partial charge in [0.15, 0.2) is 5.16 Å². The van der Waals surface area contributed by atoms with E-state index in [0.29, 0.717) is 10.9 Å². The van der Waals surface area contributed by atoms with Crippen LogP contribution < -0.4 is 5.56 Å². The van der Waals surface area contributed by atoms with Crippen LogP contribution in [0.1, 0.15) is 20.8 Å². The molecular formula is C20H19FN2O3S. The first-order valence-electron chi connectivity index (χ1n) is 8.37. The van der Waals surface area contributed by atoms with Gasteiger partial charge < -0.3 is 4.74 Å². The molecular weight excluding hydrogens is 367 g/mol. The van der Waals surface area contributed by atoms with Gasteiger partial charge in [-0.15, -0.1) is 0 Å². The van der Waals surface area contributed by atoms with Crippen LogP contribution in [0.2, 0.25) is 0 Å². The van der Waals surface area contributed by atoms with Crippen molar-refractivity contribution >= 4 is 28.6 Å². The summed E-state index contributed by atoms with van der Waals surface area (Å²) in [5.41, 5.74) is -0.425. The number of rotatable bonds is 4. The molecule has 0 aliphatic carbocycles. The summed E-state index contributed by atoms with van der Waals surface area (Å²) in [6.45, 7) is 5.33. The fourth-order valence-electron chi connectivity index (χ4n) is 2.55. The Balaban J connectivity index is 2.08. The number of thioether (sulfide) groups is 1. The zero-order valence-electron chi connectivity index (χ0n) is 15.2. The van der Waals surface area contributed by atoms with Crippen LogP contribution in [-0.4, -0.2) is 26.9 Å². The number of fused-ring (bicyclic) bond motifs is 1. The van der Waals surface area contributed by atoms with E-state index in [2.05, 4.69) is 4.98 Å². The van der Waals surface area contributed by atoms with Crippen LogP contribution in [0, 0.1) is 5.82 Å². The predicted molar refractivity (Wildman–Crippen MR) is 104 cm³/mol. The zero-order valence-corrected chi connectivity index (χ0v) is 16.0. The molecule has 0 bridgehead atoms. The highest BCUT2D eigenvalue weighted by Crippen LogP contribution is 2.23. The minimum absolute atomic E-state index is 0.0451. The van der Waals surface area contributed by atoms with Gasteiger partial charge in [0.05, 0.1) is 22.3 Å². The first kappa shape index (κ1) is 19.1. The standard InChI is InChI=1S/C20H19FN2O3S/c1-20(2,3)26-17(24)12-27-19-22-15-10-6-4-8-13(15)18(25)23(19)16-11-7-5-9-14(16)21/h4-11H,12H2,1-3H3. The fraction of sp³-hybridized carbons (Fsp3) is 0.250. The van der Waals surface area contributed by atoms with Crippen molar-refractivity contribution in [2.75, 3.05) is 5.75 Å². The summed E-state index contributed by atoms with van der Waals surface area (Å²) in [4.78, 5) is 29.5. The maximum Gasteiger partial charge on any atom is 0.316 e. The average Bonchev–Trinajstić information content (AvgIpc) is 2.60. The number of para-hydroxylation sites is 2. The monoisotopic (exact) mass is 386 g/mol. The lowest BCUT2D eigenvalue weighted by molar-refractivity contribution is -0.151. The second kappa shape index (κ2) is 7.52. The molecule has 2 aromatic carbocycles. The van der Waals surface area contributed by atoms with Crippen molar-refractivity contribution in [1.29, 1.82) is 0 Å². The number of ether oxygens (including phenoxy) is 1. The summed E-state index contributed by atoms with van der Waals surface area (Å²) in [6, 6.07) is 12.8. The molecule has 0 N–H and O–H groups in total. The largest absolute Gasteiger partial charge is 0.459 e. The Morgan fingerprint density at radius 2 is 1.81 bits per heavy atom. The van der Waals surface area contributed by atoms with E-state index >= 15 is 0 Å². The van der Waals surface area contributed by atoms with Gasteiger partial charge in [-0.3, -0.25) is 14.2 Å². The number of hydrogen-bond acceptors (Lipinski definition) is 5. The summed E-state index contributed by atoms with van der Waals surface area (Å²) >= 11 is 1.04. The molecule has 7 heteroatoms. The van der Waals surface area contributed by atoms with Gasteiger partial charge in [-0.1, -0.05) is 36.0 Å². The normalized spacial score (nSPS) is 11.6. The van der Waals surface area contributed by atoms with Crippen LogP contribution in [-0.2, 0) is 9.53 Å². The van der Waals surface area contributed by atoms with Crippen LogP contribution in [0.15, 0.2) is 58.5 Å². The third-order valence-corrected chi connectivity index (χ3v) is 4.49. The van der Waals surface area contributed by atoms with Gasteiger partial charge >= 0.3 is 5.97 Å². The minimum Gasteiger partial charge on any atom is -0.459 e. The highest BCUT2D eigenvalue weighted by atomic mass is 32.2. The molecule has 5 nitrogen and oxygen atoms in total. The molecule has 0 spiro atoms. The molecule has 0 fully saturated rings. The van der Waals surface area contributed by atoms with Gasteiger partial charge in [0, 0.05) is 0 Å². The Morgan fingerprint density at radius 1 is 1.15 bits per heavy atom. The van der Waals surface area contributed by atoms with Gasteiger partial charge in [-0.2, -0.15) is 0 Å². The van der Waals surface area contributed by atoms with Crippen molar-refractivity contribution in [1.82, 2.24) is 9.55 Å². The Bertz CT molecular complexity index is 1060. The van der Waals surface area contributed by atoms with Gasteiger partial charge in [0.25, 0.3) is 5.56 Å². The first-order chi connectivity index (χ1) is 12.8. The molecule has 27 heavy (non-hydrogen) atoms. The number of hydrogen-bond donors (Lipinski definition) is 0. The maximum atomic E-state index is 14.4. The molecule has 0 saturated heterocycles.